The SMILES string of the molecule is C.CC.O=c1c2ccc3c4c(ccc(c24)c2nc4ccccc4n12)c(=O)n1c2ccccc2nc31. The van der Waals surface area contributed by atoms with Crippen molar-refractivity contribution >= 4 is 65.7 Å². The summed E-state index contributed by atoms with van der Waals surface area (Å²) in [5.74, 6) is 0. The highest BCUT2D eigenvalue weighted by Crippen LogP contribution is 2.36. The lowest BCUT2D eigenvalue weighted by molar-refractivity contribution is 1.18. The Labute approximate surface area is 199 Å². The highest BCUT2D eigenvalue weighted by atomic mass is 16.1. The first-order valence-electron chi connectivity index (χ1n) is 11.4. The maximum absolute atomic E-state index is 13.6. The zero-order valence-electron chi connectivity index (χ0n) is 18.5. The van der Waals surface area contributed by atoms with Crippen LogP contribution in [-0.4, -0.2) is 18.8 Å². The van der Waals surface area contributed by atoms with E-state index in [1.54, 1.807) is 8.80 Å². The van der Waals surface area contributed by atoms with Gasteiger partial charge in [0.25, 0.3) is 11.1 Å². The molecule has 6 nitrogen and oxygen atoms in total. The molecular weight excluding hydrogens is 436 g/mol. The van der Waals surface area contributed by atoms with Gasteiger partial charge in [0.1, 0.15) is 11.3 Å². The van der Waals surface area contributed by atoms with Crippen molar-refractivity contribution in [3.05, 3.63) is 93.5 Å². The largest absolute Gasteiger partial charge is 0.268 e. The lowest BCUT2D eigenvalue weighted by Crippen LogP contribution is -2.16. The predicted octanol–water partition coefficient (Wildman–Crippen LogP) is 6.01. The van der Waals surface area contributed by atoms with Gasteiger partial charge in [-0.15, -0.1) is 0 Å². The molecule has 4 aromatic heterocycles. The third-order valence-electron chi connectivity index (χ3n) is 6.63. The number of para-hydroxylation sites is 4. The van der Waals surface area contributed by atoms with E-state index in [0.29, 0.717) is 22.1 Å². The molecule has 170 valence electrons. The van der Waals surface area contributed by atoms with Crippen LogP contribution in [0.2, 0.25) is 0 Å². The van der Waals surface area contributed by atoms with Crippen molar-refractivity contribution < 1.29 is 0 Å². The van der Waals surface area contributed by atoms with Crippen molar-refractivity contribution in [2.24, 2.45) is 0 Å². The van der Waals surface area contributed by atoms with Gasteiger partial charge in [-0.2, -0.15) is 0 Å². The van der Waals surface area contributed by atoms with Gasteiger partial charge < -0.3 is 0 Å². The molecule has 8 rings (SSSR count). The molecule has 8 aromatic rings. The second kappa shape index (κ2) is 7.21. The normalized spacial score (nSPS) is 11.7. The van der Waals surface area contributed by atoms with Crippen LogP contribution in [0, 0.1) is 0 Å². The highest BCUT2D eigenvalue weighted by Gasteiger charge is 2.21. The van der Waals surface area contributed by atoms with E-state index in [4.69, 9.17) is 9.97 Å². The summed E-state index contributed by atoms with van der Waals surface area (Å²) in [6.45, 7) is 4.00. The number of benzene rings is 4. The first-order valence-corrected chi connectivity index (χ1v) is 11.4. The minimum atomic E-state index is -0.128. The van der Waals surface area contributed by atoms with Gasteiger partial charge in [0.15, 0.2) is 0 Å². The topological polar surface area (TPSA) is 68.7 Å². The van der Waals surface area contributed by atoms with Crippen LogP contribution in [0.25, 0.3) is 65.7 Å². The number of hydrogen-bond acceptors (Lipinski definition) is 4. The molecule has 0 saturated heterocycles. The Balaban J connectivity index is 0.000000745. The van der Waals surface area contributed by atoms with Crippen molar-refractivity contribution in [2.75, 3.05) is 0 Å². The lowest BCUT2D eigenvalue weighted by atomic mass is 9.96. The van der Waals surface area contributed by atoms with Crippen LogP contribution in [0.15, 0.2) is 82.4 Å². The molecule has 4 aromatic carbocycles. The van der Waals surface area contributed by atoms with Crippen LogP contribution in [0.5, 0.6) is 0 Å². The van der Waals surface area contributed by atoms with Crippen LogP contribution in [0.1, 0.15) is 21.3 Å². The number of aromatic nitrogens is 4. The quantitative estimate of drug-likeness (QED) is 0.261. The molecule has 0 saturated carbocycles. The van der Waals surface area contributed by atoms with Crippen LogP contribution < -0.4 is 11.1 Å². The van der Waals surface area contributed by atoms with Gasteiger partial charge in [0.05, 0.1) is 22.1 Å². The molecule has 35 heavy (non-hydrogen) atoms. The smallest absolute Gasteiger partial charge is 0.264 e. The van der Waals surface area contributed by atoms with E-state index in [0.717, 1.165) is 43.6 Å². The molecule has 4 heterocycles. The van der Waals surface area contributed by atoms with E-state index >= 15 is 0 Å². The van der Waals surface area contributed by atoms with Gasteiger partial charge in [0.2, 0.25) is 0 Å². The summed E-state index contributed by atoms with van der Waals surface area (Å²) in [7, 11) is 0. The Hall–Kier alpha value is -4.58. The number of nitrogens with zero attached hydrogens (tertiary/aromatic N) is 4. The Morgan fingerprint density at radius 3 is 1.34 bits per heavy atom. The minimum absolute atomic E-state index is 0. The molecule has 0 N–H and O–H groups in total. The summed E-state index contributed by atoms with van der Waals surface area (Å²) in [4.78, 5) is 36.7. The molecule has 0 atom stereocenters. The number of imidazole rings is 2. The number of hydrogen-bond donors (Lipinski definition) is 0. The van der Waals surface area contributed by atoms with Crippen molar-refractivity contribution in [1.82, 2.24) is 18.8 Å². The molecular formula is C29H22N4O2. The predicted molar refractivity (Wildman–Crippen MR) is 144 cm³/mol. The van der Waals surface area contributed by atoms with E-state index in [1.807, 2.05) is 86.6 Å². The van der Waals surface area contributed by atoms with Gasteiger partial charge in [-0.05, 0) is 48.5 Å². The zero-order chi connectivity index (χ0) is 23.1. The molecule has 6 heteroatoms. The molecule has 0 unspecified atom stereocenters. The van der Waals surface area contributed by atoms with Gasteiger partial charge >= 0.3 is 0 Å². The second-order valence-corrected chi connectivity index (χ2v) is 8.20. The summed E-state index contributed by atoms with van der Waals surface area (Å²) < 4.78 is 3.35. The molecule has 0 aliphatic rings. The second-order valence-electron chi connectivity index (χ2n) is 8.20. The molecule has 0 amide bonds. The van der Waals surface area contributed by atoms with Crippen LogP contribution in [0.4, 0.5) is 0 Å². The van der Waals surface area contributed by atoms with Crippen LogP contribution >= 0.6 is 0 Å². The van der Waals surface area contributed by atoms with E-state index in [-0.39, 0.29) is 18.5 Å². The fourth-order valence-corrected chi connectivity index (χ4v) is 5.29. The fourth-order valence-electron chi connectivity index (χ4n) is 5.29. The van der Waals surface area contributed by atoms with Crippen molar-refractivity contribution in [3.63, 3.8) is 0 Å². The highest BCUT2D eigenvalue weighted by molar-refractivity contribution is 6.27. The fraction of sp³-hybridized carbons (Fsp3) is 0.103. The first kappa shape index (κ1) is 21.0. The summed E-state index contributed by atoms with van der Waals surface area (Å²) in [5, 5.41) is 4.42. The summed E-state index contributed by atoms with van der Waals surface area (Å²) in [5.41, 5.74) is 4.07. The van der Waals surface area contributed by atoms with Crippen LogP contribution in [0.3, 0.4) is 0 Å². The maximum Gasteiger partial charge on any atom is 0.264 e. The molecule has 0 radical (unpaired) electrons. The van der Waals surface area contributed by atoms with E-state index in [2.05, 4.69) is 0 Å². The van der Waals surface area contributed by atoms with Gasteiger partial charge in [-0.25, -0.2) is 9.97 Å². The molecule has 0 aliphatic heterocycles. The summed E-state index contributed by atoms with van der Waals surface area (Å²) in [6, 6.07) is 22.8. The number of fused-ring (bicyclic) bond motifs is 8. The first-order chi connectivity index (χ1) is 16.7. The summed E-state index contributed by atoms with van der Waals surface area (Å²) >= 11 is 0. The molecule has 0 fully saturated rings. The van der Waals surface area contributed by atoms with Gasteiger partial charge in [0, 0.05) is 32.3 Å². The van der Waals surface area contributed by atoms with Crippen molar-refractivity contribution in [2.45, 2.75) is 21.3 Å². The minimum Gasteiger partial charge on any atom is -0.268 e. The average Bonchev–Trinajstić information content (AvgIpc) is 3.47. The molecule has 0 bridgehead atoms. The molecule has 0 aliphatic carbocycles. The molecule has 0 spiro atoms. The Morgan fingerprint density at radius 2 is 0.914 bits per heavy atom. The van der Waals surface area contributed by atoms with Gasteiger partial charge in [-0.3, -0.25) is 18.4 Å². The maximum atomic E-state index is 13.6. The Kier molecular flexibility index (Phi) is 4.32. The Bertz CT molecular complexity index is 2030. The monoisotopic (exact) mass is 458 g/mol. The van der Waals surface area contributed by atoms with Gasteiger partial charge in [-0.1, -0.05) is 45.5 Å². The van der Waals surface area contributed by atoms with E-state index < -0.39 is 0 Å². The third-order valence-corrected chi connectivity index (χ3v) is 6.63. The standard InChI is InChI=1S/C26H12N4O2.C2H6.CH4/c31-25-15-12-10-14-22-16(26(32)30-20-8-4-2-6-18(20)28-24(14)30)11-9-13(21(15)22)23-27-17-5-1-3-7-19(17)29(23)25;1-2;/h1-12H;1-2H3;1H4. The van der Waals surface area contributed by atoms with Crippen molar-refractivity contribution in [3.8, 4) is 0 Å². The number of rotatable bonds is 0. The van der Waals surface area contributed by atoms with Crippen molar-refractivity contribution in [1.29, 1.82) is 0 Å². The van der Waals surface area contributed by atoms with Crippen LogP contribution in [-0.2, 0) is 0 Å². The lowest BCUT2D eigenvalue weighted by Gasteiger charge is -2.12. The average molecular weight is 459 g/mol. The van der Waals surface area contributed by atoms with E-state index in [9.17, 15) is 9.59 Å². The Morgan fingerprint density at radius 1 is 0.543 bits per heavy atom. The third kappa shape index (κ3) is 2.43. The number of pyridine rings is 2. The summed E-state index contributed by atoms with van der Waals surface area (Å²) in [6.07, 6.45) is 0. The zero-order valence-corrected chi connectivity index (χ0v) is 18.5. The van der Waals surface area contributed by atoms with E-state index in [1.165, 1.54) is 0 Å².